The van der Waals surface area contributed by atoms with E-state index in [1.54, 1.807) is 38.3 Å². The summed E-state index contributed by atoms with van der Waals surface area (Å²) in [4.78, 5) is 25.8. The number of carbonyl (C=O) groups is 1. The second kappa shape index (κ2) is 22.9. The third-order valence-electron chi connectivity index (χ3n) is 10.5. The Kier molecular flexibility index (Phi) is 16.6. The van der Waals surface area contributed by atoms with Crippen molar-refractivity contribution in [3.05, 3.63) is 132 Å². The molecule has 0 saturated carbocycles. The maximum absolute atomic E-state index is 9.88. The van der Waals surface area contributed by atoms with Gasteiger partial charge in [0.15, 0.2) is 11.6 Å². The van der Waals surface area contributed by atoms with Crippen molar-refractivity contribution in [1.82, 2.24) is 40.3 Å². The fourth-order valence-electron chi connectivity index (χ4n) is 7.54. The van der Waals surface area contributed by atoms with Crippen LogP contribution in [0.25, 0.3) is 89.2 Å². The topological polar surface area (TPSA) is 211 Å². The molecule has 0 amide bonds. The Hall–Kier alpha value is -6.31. The number of hydrogen-bond donors (Lipinski definition) is 7. The SMILES string of the molecule is BrB(Br)Br.CCOC(C)=O.COCCc1cc(O)ccc1-c1ccc2c(-c3nc4ccccc4[nH]3)n[nH]c2c1.OCCc1cc(O)ccc1-c1ccc2c(-c3nc4ccccc4[nH]3)n[nH]c2c1. The maximum atomic E-state index is 9.88. The van der Waals surface area contributed by atoms with Crippen LogP contribution in [-0.4, -0.2) is 91.7 Å². The molecule has 0 aliphatic carbocycles. The maximum Gasteiger partial charge on any atom is 0.369 e. The van der Waals surface area contributed by atoms with Crippen molar-refractivity contribution in [2.75, 3.05) is 26.9 Å². The van der Waals surface area contributed by atoms with E-state index in [4.69, 9.17) is 4.74 Å². The van der Waals surface area contributed by atoms with Crippen molar-refractivity contribution in [1.29, 1.82) is 0 Å². The zero-order valence-corrected chi connectivity index (χ0v) is 41.4. The van der Waals surface area contributed by atoms with Gasteiger partial charge in [0.25, 0.3) is 0 Å². The van der Waals surface area contributed by atoms with Gasteiger partial charge in [-0.15, -0.1) is 47.3 Å². The highest BCUT2D eigenvalue weighted by Gasteiger charge is 2.16. The molecule has 10 rings (SSSR count). The van der Waals surface area contributed by atoms with Crippen LogP contribution in [0.3, 0.4) is 0 Å². The highest BCUT2D eigenvalue weighted by Crippen LogP contribution is 2.34. The summed E-state index contributed by atoms with van der Waals surface area (Å²) in [5, 5.41) is 46.2. The van der Waals surface area contributed by atoms with E-state index >= 15 is 0 Å². The molecule has 0 saturated heterocycles. The summed E-state index contributed by atoms with van der Waals surface area (Å²) < 4.78 is 9.89. The second-order valence-corrected chi connectivity index (χ2v) is 21.4. The molecule has 6 aromatic carbocycles. The van der Waals surface area contributed by atoms with E-state index in [0.717, 1.165) is 107 Å². The van der Waals surface area contributed by atoms with Crippen molar-refractivity contribution in [2.45, 2.75) is 26.7 Å². The number of rotatable bonds is 10. The van der Waals surface area contributed by atoms with Crippen molar-refractivity contribution in [3.63, 3.8) is 0 Å². The van der Waals surface area contributed by atoms with Crippen LogP contribution in [0.1, 0.15) is 25.0 Å². The molecule has 67 heavy (non-hydrogen) atoms. The van der Waals surface area contributed by atoms with Crippen molar-refractivity contribution in [2.24, 2.45) is 0 Å². The number of benzene rings is 6. The fourth-order valence-corrected chi connectivity index (χ4v) is 7.54. The number of imidazole rings is 2. The van der Waals surface area contributed by atoms with Gasteiger partial charge in [-0.2, -0.15) is 10.2 Å². The summed E-state index contributed by atoms with van der Waals surface area (Å²) in [5.41, 5.74) is 13.2. The highest BCUT2D eigenvalue weighted by atomic mass is 79.9. The van der Waals surface area contributed by atoms with Gasteiger partial charge in [0.2, 0.25) is 0 Å². The minimum atomic E-state index is -0.211. The van der Waals surface area contributed by atoms with Gasteiger partial charge in [0.05, 0.1) is 46.3 Å². The first-order valence-corrected chi connectivity index (χ1v) is 23.9. The lowest BCUT2D eigenvalue weighted by Gasteiger charge is -2.10. The Balaban J connectivity index is 0.000000166. The van der Waals surface area contributed by atoms with Gasteiger partial charge in [-0.05, 0) is 126 Å². The molecular formula is C49H46BBr3N8O6. The van der Waals surface area contributed by atoms with Gasteiger partial charge >= 0.3 is 9.15 Å². The molecule has 0 aliphatic rings. The molecule has 14 nitrogen and oxygen atoms in total. The number of aliphatic hydroxyl groups is 1. The van der Waals surface area contributed by atoms with Crippen LogP contribution in [0.2, 0.25) is 0 Å². The van der Waals surface area contributed by atoms with Crippen molar-refractivity contribution < 1.29 is 29.6 Å². The number of ether oxygens (including phenoxy) is 2. The summed E-state index contributed by atoms with van der Waals surface area (Å²) >= 11 is 9.31. The van der Waals surface area contributed by atoms with E-state index in [1.165, 1.54) is 6.92 Å². The molecule has 0 spiro atoms. The van der Waals surface area contributed by atoms with Gasteiger partial charge in [0.1, 0.15) is 22.9 Å². The number of aromatic nitrogens is 8. The van der Waals surface area contributed by atoms with E-state index in [1.807, 2.05) is 78.9 Å². The Bertz CT molecular complexity index is 3190. The number of phenolic OH excluding ortho intramolecular Hbond substituents is 2. The molecule has 0 unspecified atom stereocenters. The number of para-hydroxylation sites is 4. The Morgan fingerprint density at radius 1 is 0.642 bits per heavy atom. The molecule has 4 heterocycles. The lowest BCUT2D eigenvalue weighted by atomic mass is 9.96. The zero-order valence-electron chi connectivity index (χ0n) is 36.6. The summed E-state index contributed by atoms with van der Waals surface area (Å²) in [6.07, 6.45) is 1.21. The minimum Gasteiger partial charge on any atom is -0.508 e. The number of carbonyl (C=O) groups excluding carboxylic acids is 1. The summed E-state index contributed by atoms with van der Waals surface area (Å²) in [6, 6.07) is 38.8. The van der Waals surface area contributed by atoms with Crippen molar-refractivity contribution in [3.8, 4) is 56.8 Å². The number of esters is 1. The van der Waals surface area contributed by atoms with E-state index in [9.17, 15) is 20.1 Å². The summed E-state index contributed by atoms with van der Waals surface area (Å²) in [7, 11) is 1.68. The average molecular weight is 1090 g/mol. The van der Waals surface area contributed by atoms with Gasteiger partial charge in [-0.3, -0.25) is 15.0 Å². The molecule has 0 bridgehead atoms. The predicted octanol–water partition coefficient (Wildman–Crippen LogP) is 11.4. The average Bonchev–Trinajstić information content (AvgIpc) is 4.13. The van der Waals surface area contributed by atoms with Crippen LogP contribution < -0.4 is 0 Å². The van der Waals surface area contributed by atoms with Crippen LogP contribution in [0.15, 0.2) is 121 Å². The molecule has 0 fully saturated rings. The molecule has 4 aromatic heterocycles. The van der Waals surface area contributed by atoms with Gasteiger partial charge in [-0.25, -0.2) is 9.97 Å². The van der Waals surface area contributed by atoms with E-state index in [2.05, 4.69) is 111 Å². The quantitative estimate of drug-likeness (QED) is 0.0509. The first kappa shape index (κ1) is 48.6. The number of phenols is 2. The van der Waals surface area contributed by atoms with Crippen LogP contribution in [0.4, 0.5) is 0 Å². The molecule has 342 valence electrons. The van der Waals surface area contributed by atoms with Crippen LogP contribution in [0.5, 0.6) is 11.5 Å². The number of halogens is 3. The largest absolute Gasteiger partial charge is 0.508 e. The zero-order chi connectivity index (χ0) is 47.5. The normalized spacial score (nSPS) is 10.9. The van der Waals surface area contributed by atoms with Gasteiger partial charge in [0, 0.05) is 31.4 Å². The van der Waals surface area contributed by atoms with Crippen LogP contribution in [0, 0.1) is 0 Å². The summed E-state index contributed by atoms with van der Waals surface area (Å²) in [6.45, 7) is 4.28. The number of aromatic amines is 4. The Morgan fingerprint density at radius 2 is 1.10 bits per heavy atom. The Labute approximate surface area is 410 Å². The number of methoxy groups -OCH3 is 1. The number of nitrogens with zero attached hydrogens (tertiary/aromatic N) is 4. The van der Waals surface area contributed by atoms with Gasteiger partial charge < -0.3 is 34.8 Å². The first-order chi connectivity index (χ1) is 32.5. The minimum absolute atomic E-state index is 0.0267. The molecule has 0 aliphatic heterocycles. The molecule has 7 N–H and O–H groups in total. The third-order valence-corrected chi connectivity index (χ3v) is 10.5. The summed E-state index contributed by atoms with van der Waals surface area (Å²) in [5.74, 6) is 1.72. The molecule has 0 radical (unpaired) electrons. The molecule has 0 atom stereocenters. The number of H-pyrrole nitrogens is 4. The number of aromatic hydroxyl groups is 2. The number of aliphatic hydroxyl groups excluding tert-OH is 1. The molecule has 10 aromatic rings. The van der Waals surface area contributed by atoms with Gasteiger partial charge in [-0.1, -0.05) is 48.5 Å². The second-order valence-electron chi connectivity index (χ2n) is 14.9. The predicted molar refractivity (Wildman–Crippen MR) is 278 cm³/mol. The monoisotopic (exact) mass is 1090 g/mol. The van der Waals surface area contributed by atoms with E-state index < -0.39 is 0 Å². The van der Waals surface area contributed by atoms with Crippen molar-refractivity contribution >= 4 is 100 Å². The number of hydrogen-bond acceptors (Lipinski definition) is 10. The standard InChI is InChI=1S/C23H20N4O2.C22H18N4O2.C4H8O2.BBr3/c1-29-11-10-15-12-16(28)7-9-17(15)14-6-8-18-21(13-14)26-27-22(18)23-24-19-4-2-3-5-20(19)25-23;27-10-9-14-11-15(28)6-8-16(14)13-5-7-17-20(12-13)25-26-21(17)22-23-18-3-1-2-4-19(18)24-22;1-3-6-4(2)5;2-1(3)4/h2-9,12-13,28H,10-11H2,1H3,(H,24,25)(H,26,27);1-8,11-12,27-28H,9-10H2,(H,23,24)(H,25,26);3H2,1-2H3;. The lowest BCUT2D eigenvalue weighted by molar-refractivity contribution is -0.140. The lowest BCUT2D eigenvalue weighted by Crippen LogP contribution is -1.97. The van der Waals surface area contributed by atoms with Crippen LogP contribution in [-0.2, 0) is 27.1 Å². The van der Waals surface area contributed by atoms with Crippen LogP contribution >= 0.6 is 47.3 Å². The number of nitrogens with one attached hydrogen (secondary N) is 4. The van der Waals surface area contributed by atoms with E-state index in [0.29, 0.717) is 19.6 Å². The number of fused-ring (bicyclic) bond motifs is 4. The molecule has 18 heteroatoms. The smallest absolute Gasteiger partial charge is 0.369 e. The van der Waals surface area contributed by atoms with E-state index in [-0.39, 0.29) is 27.3 Å². The fraction of sp³-hybridized carbons (Fsp3) is 0.163. The third kappa shape index (κ3) is 12.2. The highest BCUT2D eigenvalue weighted by molar-refractivity contribution is 9.69. The Morgan fingerprint density at radius 3 is 1.51 bits per heavy atom. The first-order valence-electron chi connectivity index (χ1n) is 21.1. The molecular weight excluding hydrogens is 1050 g/mol.